The summed E-state index contributed by atoms with van der Waals surface area (Å²) in [6, 6.07) is 12.9. The van der Waals surface area contributed by atoms with Gasteiger partial charge in [0.2, 0.25) is 0 Å². The molecule has 2 amide bonds. The van der Waals surface area contributed by atoms with Crippen LogP contribution in [0.2, 0.25) is 0 Å². The number of amides is 2. The Morgan fingerprint density at radius 2 is 1.85 bits per heavy atom. The average Bonchev–Trinajstić information content (AvgIpc) is 2.79. The highest BCUT2D eigenvalue weighted by molar-refractivity contribution is 5.78. The molecular weight excluding hydrogens is 426 g/mol. The zero-order valence-corrected chi connectivity index (χ0v) is 21.3. The van der Waals surface area contributed by atoms with Crippen LogP contribution in [0.3, 0.4) is 0 Å². The third-order valence-electron chi connectivity index (χ3n) is 6.09. The summed E-state index contributed by atoms with van der Waals surface area (Å²) in [6.07, 6.45) is 1.93. The van der Waals surface area contributed by atoms with E-state index in [4.69, 9.17) is 4.98 Å². The number of carbonyl (C=O) groups is 1. The van der Waals surface area contributed by atoms with Gasteiger partial charge in [0, 0.05) is 19.6 Å². The molecule has 1 N–H and O–H groups in total. The van der Waals surface area contributed by atoms with E-state index in [2.05, 4.69) is 18.3 Å². The lowest BCUT2D eigenvalue weighted by molar-refractivity contribution is 0.168. The Labute approximate surface area is 202 Å². The molecule has 7 nitrogen and oxygen atoms in total. The van der Waals surface area contributed by atoms with Crippen LogP contribution >= 0.6 is 0 Å². The Bertz CT molecular complexity index is 1200. The summed E-state index contributed by atoms with van der Waals surface area (Å²) in [6.45, 7) is 9.92. The third-order valence-corrected chi connectivity index (χ3v) is 6.09. The fourth-order valence-corrected chi connectivity index (χ4v) is 4.11. The lowest BCUT2D eigenvalue weighted by atomic mass is 10.1. The number of para-hydroxylation sites is 1. The number of aromatic nitrogens is 2. The fraction of sp³-hybridized carbons (Fsp3) is 0.444. The molecule has 0 bridgehead atoms. The number of rotatable bonds is 9. The number of benzene rings is 2. The van der Waals surface area contributed by atoms with Gasteiger partial charge in [0.1, 0.15) is 5.82 Å². The molecule has 7 heteroatoms. The molecule has 1 aromatic heterocycles. The van der Waals surface area contributed by atoms with Crippen LogP contribution in [-0.4, -0.2) is 59.1 Å². The second kappa shape index (κ2) is 11.3. The predicted octanol–water partition coefficient (Wildman–Crippen LogP) is 4.44. The van der Waals surface area contributed by atoms with Gasteiger partial charge in [0.15, 0.2) is 0 Å². The van der Waals surface area contributed by atoms with Crippen molar-refractivity contribution in [2.24, 2.45) is 0 Å². The van der Waals surface area contributed by atoms with Crippen molar-refractivity contribution in [2.75, 3.05) is 33.7 Å². The largest absolute Gasteiger partial charge is 0.338 e. The number of aryl methyl sites for hydroxylation is 2. The number of hydrogen-bond donors (Lipinski definition) is 1. The van der Waals surface area contributed by atoms with Crippen LogP contribution in [-0.2, 0) is 0 Å². The summed E-state index contributed by atoms with van der Waals surface area (Å²) in [5, 5.41) is 3.60. The molecule has 182 valence electrons. The molecule has 0 spiro atoms. The van der Waals surface area contributed by atoms with E-state index in [0.717, 1.165) is 29.7 Å². The number of carbonyl (C=O) groups excluding carboxylic acids is 1. The smallest absolute Gasteiger partial charge is 0.318 e. The number of unbranched alkanes of at least 4 members (excludes halogenated alkanes) is 1. The molecule has 1 atom stereocenters. The molecule has 0 saturated heterocycles. The summed E-state index contributed by atoms with van der Waals surface area (Å²) in [7, 11) is 3.97. The normalized spacial score (nSPS) is 12.2. The van der Waals surface area contributed by atoms with Crippen molar-refractivity contribution in [3.8, 4) is 5.69 Å². The minimum atomic E-state index is -0.417. The topological polar surface area (TPSA) is 70.5 Å². The molecule has 0 saturated carbocycles. The Balaban J connectivity index is 2.17. The van der Waals surface area contributed by atoms with Crippen LogP contribution in [0.5, 0.6) is 0 Å². The van der Waals surface area contributed by atoms with Crippen molar-refractivity contribution >= 4 is 16.9 Å². The average molecular weight is 464 g/mol. The van der Waals surface area contributed by atoms with Crippen LogP contribution in [0.4, 0.5) is 4.79 Å². The maximum atomic E-state index is 13.8. The second-order valence-electron chi connectivity index (χ2n) is 9.18. The number of nitrogens with one attached hydrogen (secondary N) is 1. The number of hydrogen-bond acceptors (Lipinski definition) is 4. The van der Waals surface area contributed by atoms with Crippen LogP contribution in [0.15, 0.2) is 47.3 Å². The number of nitrogens with zero attached hydrogens (tertiary/aromatic N) is 4. The van der Waals surface area contributed by atoms with Crippen molar-refractivity contribution < 1.29 is 4.79 Å². The lowest BCUT2D eigenvalue weighted by Gasteiger charge is -2.31. The molecule has 1 heterocycles. The van der Waals surface area contributed by atoms with Gasteiger partial charge in [-0.25, -0.2) is 9.78 Å². The van der Waals surface area contributed by atoms with Gasteiger partial charge in [-0.05, 0) is 65.0 Å². The van der Waals surface area contributed by atoms with E-state index in [1.807, 2.05) is 70.1 Å². The van der Waals surface area contributed by atoms with E-state index >= 15 is 0 Å². The summed E-state index contributed by atoms with van der Waals surface area (Å²) in [5.41, 5.74) is 3.41. The number of fused-ring (bicyclic) bond motifs is 1. The first-order valence-electron chi connectivity index (χ1n) is 12.0. The second-order valence-corrected chi connectivity index (χ2v) is 9.18. The number of likely N-dealkylation sites (N-methyl/N-ethyl adjacent to an activating group) is 1. The molecule has 2 aromatic carbocycles. The monoisotopic (exact) mass is 463 g/mol. The highest BCUT2D eigenvalue weighted by atomic mass is 16.2. The number of urea groups is 1. The Morgan fingerprint density at radius 1 is 1.12 bits per heavy atom. The maximum absolute atomic E-state index is 13.8. The minimum absolute atomic E-state index is 0.127. The van der Waals surface area contributed by atoms with Crippen LogP contribution in [0, 0.1) is 13.8 Å². The van der Waals surface area contributed by atoms with Crippen LogP contribution in [0.1, 0.15) is 49.7 Å². The SMILES string of the molecule is CCCCNC(=O)N(CCN(C)C)C(C)c1nc2ccccc2c(=O)n1-c1ccc(C)cc1C. The van der Waals surface area contributed by atoms with Gasteiger partial charge < -0.3 is 15.1 Å². The quantitative estimate of drug-likeness (QED) is 0.477. The summed E-state index contributed by atoms with van der Waals surface area (Å²) in [5.74, 6) is 0.556. The van der Waals surface area contributed by atoms with Crippen molar-refractivity contribution in [3.05, 3.63) is 69.8 Å². The van der Waals surface area contributed by atoms with E-state index in [-0.39, 0.29) is 11.6 Å². The van der Waals surface area contributed by atoms with E-state index in [1.54, 1.807) is 15.5 Å². The zero-order valence-electron chi connectivity index (χ0n) is 21.3. The highest BCUT2D eigenvalue weighted by Gasteiger charge is 2.27. The van der Waals surface area contributed by atoms with Crippen LogP contribution in [0.25, 0.3) is 16.6 Å². The fourth-order valence-electron chi connectivity index (χ4n) is 4.11. The van der Waals surface area contributed by atoms with Gasteiger partial charge >= 0.3 is 6.03 Å². The van der Waals surface area contributed by atoms with Crippen molar-refractivity contribution in [2.45, 2.75) is 46.6 Å². The molecule has 3 rings (SSSR count). The van der Waals surface area contributed by atoms with Gasteiger partial charge in [-0.2, -0.15) is 0 Å². The highest BCUT2D eigenvalue weighted by Crippen LogP contribution is 2.25. The van der Waals surface area contributed by atoms with Gasteiger partial charge in [-0.3, -0.25) is 9.36 Å². The van der Waals surface area contributed by atoms with Crippen molar-refractivity contribution in [1.29, 1.82) is 0 Å². The first kappa shape index (κ1) is 25.4. The zero-order chi connectivity index (χ0) is 24.8. The third kappa shape index (κ3) is 5.65. The molecule has 3 aromatic rings. The van der Waals surface area contributed by atoms with E-state index in [1.165, 1.54) is 0 Å². The Hall–Kier alpha value is -3.19. The van der Waals surface area contributed by atoms with E-state index in [0.29, 0.717) is 36.4 Å². The van der Waals surface area contributed by atoms with Crippen molar-refractivity contribution in [3.63, 3.8) is 0 Å². The minimum Gasteiger partial charge on any atom is -0.338 e. The van der Waals surface area contributed by atoms with E-state index in [9.17, 15) is 9.59 Å². The first-order valence-corrected chi connectivity index (χ1v) is 12.0. The molecule has 0 radical (unpaired) electrons. The maximum Gasteiger partial charge on any atom is 0.318 e. The summed E-state index contributed by atoms with van der Waals surface area (Å²) in [4.78, 5) is 35.8. The Kier molecular flexibility index (Phi) is 8.45. The lowest BCUT2D eigenvalue weighted by Crippen LogP contribution is -2.46. The van der Waals surface area contributed by atoms with Gasteiger partial charge in [-0.15, -0.1) is 0 Å². The standard InChI is InChI=1S/C27H37N5O2/c1-7-8-15-28-27(34)31(17-16-30(5)6)21(4)25-29-23-12-10-9-11-22(23)26(33)32(25)24-14-13-19(2)18-20(24)3/h9-14,18,21H,7-8,15-17H2,1-6H3,(H,28,34). The molecule has 0 aliphatic rings. The predicted molar refractivity (Wildman–Crippen MR) is 139 cm³/mol. The van der Waals surface area contributed by atoms with Gasteiger partial charge in [0.05, 0.1) is 22.6 Å². The van der Waals surface area contributed by atoms with Crippen LogP contribution < -0.4 is 10.9 Å². The summed E-state index contributed by atoms with van der Waals surface area (Å²) >= 11 is 0. The molecule has 0 aliphatic heterocycles. The van der Waals surface area contributed by atoms with Gasteiger partial charge in [0.25, 0.3) is 5.56 Å². The molecule has 0 fully saturated rings. The first-order chi connectivity index (χ1) is 16.2. The Morgan fingerprint density at radius 3 is 2.53 bits per heavy atom. The molecule has 34 heavy (non-hydrogen) atoms. The summed E-state index contributed by atoms with van der Waals surface area (Å²) < 4.78 is 1.68. The van der Waals surface area contributed by atoms with E-state index < -0.39 is 6.04 Å². The van der Waals surface area contributed by atoms with Crippen molar-refractivity contribution in [1.82, 2.24) is 24.7 Å². The molecule has 0 aliphatic carbocycles. The van der Waals surface area contributed by atoms with Gasteiger partial charge in [-0.1, -0.05) is 43.2 Å². The molecule has 1 unspecified atom stereocenters. The molecular formula is C27H37N5O2.